The number of nitriles is 1. The first-order chi connectivity index (χ1) is 9.92. The van der Waals surface area contributed by atoms with Crippen molar-refractivity contribution in [1.29, 1.82) is 5.26 Å². The molecule has 20 heavy (non-hydrogen) atoms. The van der Waals surface area contributed by atoms with Crippen LogP contribution in [0.15, 0.2) is 30.3 Å². The summed E-state index contributed by atoms with van der Waals surface area (Å²) < 4.78 is 5.74. The van der Waals surface area contributed by atoms with Gasteiger partial charge >= 0.3 is 0 Å². The summed E-state index contributed by atoms with van der Waals surface area (Å²) in [6, 6.07) is 12.7. The summed E-state index contributed by atoms with van der Waals surface area (Å²) in [5, 5.41) is 8.44. The zero-order chi connectivity index (χ0) is 14.0. The van der Waals surface area contributed by atoms with Crippen molar-refractivity contribution in [2.75, 3.05) is 0 Å². The molecule has 0 radical (unpaired) electrons. The minimum absolute atomic E-state index is 0.363. The quantitative estimate of drug-likeness (QED) is 0.435. The lowest BCUT2D eigenvalue weighted by molar-refractivity contribution is 0.360. The molecular formula is C18H25NO. The van der Waals surface area contributed by atoms with E-state index in [1.165, 1.54) is 50.5 Å². The predicted octanol–water partition coefficient (Wildman–Crippen LogP) is 5.16. The van der Waals surface area contributed by atoms with E-state index >= 15 is 0 Å². The Kier molecular flexibility index (Phi) is 6.60. The third-order valence-corrected chi connectivity index (χ3v) is 3.99. The summed E-state index contributed by atoms with van der Waals surface area (Å²) in [7, 11) is 0. The van der Waals surface area contributed by atoms with E-state index in [9.17, 15) is 0 Å². The van der Waals surface area contributed by atoms with Gasteiger partial charge in [-0.05, 0) is 18.4 Å². The Balaban J connectivity index is 1.43. The number of benzene rings is 1. The molecule has 1 saturated heterocycles. The molecule has 0 aromatic heterocycles. The number of ether oxygens (including phenoxy) is 1. The molecule has 0 spiro atoms. The van der Waals surface area contributed by atoms with E-state index in [4.69, 9.17) is 10.00 Å². The van der Waals surface area contributed by atoms with Crippen LogP contribution in [0.3, 0.4) is 0 Å². The summed E-state index contributed by atoms with van der Waals surface area (Å²) in [6.45, 7) is 0. The van der Waals surface area contributed by atoms with Crippen molar-refractivity contribution in [3.8, 4) is 6.07 Å². The lowest BCUT2D eigenvalue weighted by Crippen LogP contribution is -1.89. The van der Waals surface area contributed by atoms with Crippen LogP contribution in [0.5, 0.6) is 0 Å². The topological polar surface area (TPSA) is 36.3 Å². The molecule has 108 valence electrons. The van der Waals surface area contributed by atoms with Gasteiger partial charge in [-0.25, -0.2) is 0 Å². The van der Waals surface area contributed by atoms with E-state index in [1.807, 2.05) is 0 Å². The van der Waals surface area contributed by atoms with E-state index in [-0.39, 0.29) is 0 Å². The molecule has 1 fully saturated rings. The fourth-order valence-electron chi connectivity index (χ4n) is 2.73. The Bertz CT molecular complexity index is 409. The number of hydrogen-bond donors (Lipinski definition) is 0. The normalized spacial score (nSPS) is 20.6. The molecule has 2 rings (SSSR count). The molecular weight excluding hydrogens is 246 g/mol. The second kappa shape index (κ2) is 8.76. The average Bonchev–Trinajstić information content (AvgIpc) is 3.26. The van der Waals surface area contributed by atoms with Crippen LogP contribution in [0, 0.1) is 11.3 Å². The fraction of sp³-hybridized carbons (Fsp3) is 0.611. The molecule has 0 amide bonds. The van der Waals surface area contributed by atoms with E-state index in [1.54, 1.807) is 0 Å². The molecule has 0 bridgehead atoms. The molecule has 1 aromatic carbocycles. The Morgan fingerprint density at radius 3 is 2.25 bits per heavy atom. The first kappa shape index (κ1) is 15.1. The highest BCUT2D eigenvalue weighted by molar-refractivity contribution is 5.22. The van der Waals surface area contributed by atoms with Gasteiger partial charge < -0.3 is 4.74 Å². The monoisotopic (exact) mass is 271 g/mol. The van der Waals surface area contributed by atoms with E-state index in [0.29, 0.717) is 12.2 Å². The Labute approximate surface area is 122 Å². The third-order valence-electron chi connectivity index (χ3n) is 3.99. The molecule has 1 aliphatic heterocycles. The predicted molar refractivity (Wildman–Crippen MR) is 81.2 cm³/mol. The number of nitrogens with zero attached hydrogens (tertiary/aromatic N) is 1. The van der Waals surface area contributed by atoms with Crippen molar-refractivity contribution in [1.82, 2.24) is 0 Å². The maximum Gasteiger partial charge on any atom is 0.109 e. The van der Waals surface area contributed by atoms with Crippen LogP contribution in [0.25, 0.3) is 0 Å². The molecule has 1 heterocycles. The number of epoxide rings is 1. The van der Waals surface area contributed by atoms with E-state index in [0.717, 1.165) is 12.8 Å². The molecule has 0 saturated carbocycles. The Hall–Kier alpha value is -1.33. The minimum atomic E-state index is 0.363. The van der Waals surface area contributed by atoms with Crippen LogP contribution in [-0.4, -0.2) is 6.10 Å². The zero-order valence-corrected chi connectivity index (χ0v) is 12.3. The Morgan fingerprint density at radius 2 is 1.55 bits per heavy atom. The summed E-state index contributed by atoms with van der Waals surface area (Å²) in [5.41, 5.74) is 1.33. The van der Waals surface area contributed by atoms with E-state index in [2.05, 4.69) is 36.4 Å². The van der Waals surface area contributed by atoms with Gasteiger partial charge in [-0.1, -0.05) is 68.9 Å². The first-order valence-electron chi connectivity index (χ1n) is 7.99. The molecule has 0 N–H and O–H groups in total. The SMILES string of the molecule is N#CCCCCCCCCC[C@H]1O[C@H]1c1ccccc1. The van der Waals surface area contributed by atoms with Crippen LogP contribution >= 0.6 is 0 Å². The summed E-state index contributed by atoms with van der Waals surface area (Å²) in [6.07, 6.45) is 11.6. The van der Waals surface area contributed by atoms with Gasteiger partial charge in [0.1, 0.15) is 6.10 Å². The van der Waals surface area contributed by atoms with Gasteiger partial charge in [-0.2, -0.15) is 5.26 Å². The van der Waals surface area contributed by atoms with Crippen LogP contribution in [0.1, 0.15) is 69.5 Å². The van der Waals surface area contributed by atoms with Crippen molar-refractivity contribution < 1.29 is 4.74 Å². The number of rotatable bonds is 10. The van der Waals surface area contributed by atoms with Crippen molar-refractivity contribution in [3.05, 3.63) is 35.9 Å². The van der Waals surface area contributed by atoms with Crippen LogP contribution in [-0.2, 0) is 4.74 Å². The van der Waals surface area contributed by atoms with Gasteiger partial charge in [0.05, 0.1) is 12.2 Å². The fourth-order valence-corrected chi connectivity index (χ4v) is 2.73. The minimum Gasteiger partial charge on any atom is -0.365 e. The van der Waals surface area contributed by atoms with Crippen molar-refractivity contribution in [2.45, 2.75) is 70.0 Å². The van der Waals surface area contributed by atoms with Crippen LogP contribution < -0.4 is 0 Å². The smallest absolute Gasteiger partial charge is 0.109 e. The lowest BCUT2D eigenvalue weighted by Gasteiger charge is -2.00. The van der Waals surface area contributed by atoms with Gasteiger partial charge in [-0.15, -0.1) is 0 Å². The summed E-state index contributed by atoms with van der Waals surface area (Å²) >= 11 is 0. The first-order valence-corrected chi connectivity index (χ1v) is 7.99. The maximum atomic E-state index is 8.44. The number of unbranched alkanes of at least 4 members (excludes halogenated alkanes) is 7. The highest BCUT2D eigenvalue weighted by Crippen LogP contribution is 2.41. The second-order valence-corrected chi connectivity index (χ2v) is 5.68. The molecule has 1 aliphatic rings. The number of hydrogen-bond acceptors (Lipinski definition) is 2. The average molecular weight is 271 g/mol. The lowest BCUT2D eigenvalue weighted by atomic mass is 10.0. The maximum absolute atomic E-state index is 8.44. The highest BCUT2D eigenvalue weighted by Gasteiger charge is 2.38. The largest absolute Gasteiger partial charge is 0.365 e. The second-order valence-electron chi connectivity index (χ2n) is 5.68. The molecule has 2 atom stereocenters. The van der Waals surface area contributed by atoms with E-state index < -0.39 is 0 Å². The third kappa shape index (κ3) is 5.35. The molecule has 1 aromatic rings. The van der Waals surface area contributed by atoms with Crippen molar-refractivity contribution in [2.24, 2.45) is 0 Å². The van der Waals surface area contributed by atoms with Crippen molar-refractivity contribution >= 4 is 0 Å². The van der Waals surface area contributed by atoms with Gasteiger partial charge in [0, 0.05) is 6.42 Å². The van der Waals surface area contributed by atoms with Crippen LogP contribution in [0.2, 0.25) is 0 Å². The van der Waals surface area contributed by atoms with Gasteiger partial charge in [0.25, 0.3) is 0 Å². The summed E-state index contributed by atoms with van der Waals surface area (Å²) in [5.74, 6) is 0. The van der Waals surface area contributed by atoms with Gasteiger partial charge in [-0.3, -0.25) is 0 Å². The molecule has 0 aliphatic carbocycles. The van der Waals surface area contributed by atoms with Crippen molar-refractivity contribution in [3.63, 3.8) is 0 Å². The molecule has 0 unspecified atom stereocenters. The molecule has 2 heteroatoms. The van der Waals surface area contributed by atoms with Gasteiger partial charge in [0.15, 0.2) is 0 Å². The standard InChI is InChI=1S/C18H25NO/c19-15-11-6-4-2-1-3-5-10-14-17-18(20-17)16-12-8-7-9-13-16/h7-9,12-13,17-18H,1-6,10-11,14H2/t17-,18+/m1/s1. The molecule has 2 nitrogen and oxygen atoms in total. The van der Waals surface area contributed by atoms with Gasteiger partial charge in [0.2, 0.25) is 0 Å². The zero-order valence-electron chi connectivity index (χ0n) is 12.3. The Morgan fingerprint density at radius 1 is 0.900 bits per heavy atom. The van der Waals surface area contributed by atoms with Crippen LogP contribution in [0.4, 0.5) is 0 Å². The summed E-state index contributed by atoms with van der Waals surface area (Å²) in [4.78, 5) is 0. The highest BCUT2D eigenvalue weighted by atomic mass is 16.6.